The van der Waals surface area contributed by atoms with Crippen LogP contribution >= 0.6 is 35.0 Å². The number of carbonyl (C=O) groups excluding carboxylic acids is 1. The summed E-state index contributed by atoms with van der Waals surface area (Å²) in [5.41, 5.74) is 3.28. The molecule has 3 rings (SSSR count). The Labute approximate surface area is 178 Å². The van der Waals surface area contributed by atoms with Crippen molar-refractivity contribution in [3.8, 4) is 5.69 Å². The van der Waals surface area contributed by atoms with Crippen LogP contribution in [0.25, 0.3) is 5.69 Å². The van der Waals surface area contributed by atoms with Gasteiger partial charge in [0.25, 0.3) is 5.91 Å². The third-order valence-electron chi connectivity index (χ3n) is 4.11. The van der Waals surface area contributed by atoms with Gasteiger partial charge in [-0.15, -0.1) is 10.2 Å². The molecule has 5 nitrogen and oxygen atoms in total. The number of thioether (sulfide) groups is 1. The van der Waals surface area contributed by atoms with Gasteiger partial charge in [0.15, 0.2) is 15.8 Å². The molecule has 3 aromatic rings. The zero-order chi connectivity index (χ0) is 20.1. The molecule has 0 radical (unpaired) electrons. The highest BCUT2D eigenvalue weighted by Gasteiger charge is 2.23. The number of nitrogens with zero attached hydrogens (tertiary/aromatic N) is 3. The first kappa shape index (κ1) is 20.7. The number of aromatic nitrogens is 3. The molecule has 0 aliphatic rings. The summed E-state index contributed by atoms with van der Waals surface area (Å²) in [6.45, 7) is 3.86. The van der Waals surface area contributed by atoms with E-state index in [0.29, 0.717) is 5.82 Å². The third-order valence-corrected chi connectivity index (χ3v) is 5.50. The lowest BCUT2D eigenvalue weighted by atomic mass is 10.2. The number of amides is 1. The maximum Gasteiger partial charge on any atom is 0.253 e. The highest BCUT2D eigenvalue weighted by atomic mass is 35.5. The second-order valence-corrected chi connectivity index (χ2v) is 8.36. The quantitative estimate of drug-likeness (QED) is 0.426. The Morgan fingerprint density at radius 3 is 2.43 bits per heavy atom. The van der Waals surface area contributed by atoms with Crippen molar-refractivity contribution in [2.45, 2.75) is 35.6 Å². The molecule has 1 aromatic heterocycles. The molecule has 0 fully saturated rings. The summed E-state index contributed by atoms with van der Waals surface area (Å²) in [6, 6.07) is 17.8. The summed E-state index contributed by atoms with van der Waals surface area (Å²) in [6.07, 6.45) is 0. The second kappa shape index (κ2) is 9.45. The molecule has 0 saturated carbocycles. The van der Waals surface area contributed by atoms with E-state index in [1.54, 1.807) is 11.8 Å². The van der Waals surface area contributed by atoms with Crippen molar-refractivity contribution in [3.05, 3.63) is 71.5 Å². The highest BCUT2D eigenvalue weighted by Crippen LogP contribution is 2.28. The van der Waals surface area contributed by atoms with Crippen LogP contribution in [0.15, 0.2) is 59.8 Å². The van der Waals surface area contributed by atoms with Gasteiger partial charge in [-0.3, -0.25) is 9.36 Å². The van der Waals surface area contributed by atoms with E-state index < -0.39 is 16.8 Å². The van der Waals surface area contributed by atoms with E-state index in [-0.39, 0.29) is 0 Å². The number of rotatable bonds is 7. The predicted molar refractivity (Wildman–Crippen MR) is 114 cm³/mol. The number of benzene rings is 2. The van der Waals surface area contributed by atoms with Crippen molar-refractivity contribution < 1.29 is 4.79 Å². The van der Waals surface area contributed by atoms with Crippen molar-refractivity contribution >= 4 is 40.9 Å². The summed E-state index contributed by atoms with van der Waals surface area (Å²) in [4.78, 5) is 10.8. The van der Waals surface area contributed by atoms with E-state index in [0.717, 1.165) is 22.2 Å². The predicted octanol–water partition coefficient (Wildman–Crippen LogP) is 4.85. The fraction of sp³-hybridized carbons (Fsp3) is 0.250. The van der Waals surface area contributed by atoms with Crippen molar-refractivity contribution in [1.29, 1.82) is 0 Å². The first-order valence-electron chi connectivity index (χ1n) is 8.73. The number of nitrogens with one attached hydrogen (secondary N) is 1. The van der Waals surface area contributed by atoms with Crippen LogP contribution in [0.4, 0.5) is 0 Å². The Balaban J connectivity index is 1.92. The molecule has 0 aliphatic heterocycles. The van der Waals surface area contributed by atoms with Crippen LogP contribution in [0.1, 0.15) is 29.9 Å². The number of halogens is 2. The van der Waals surface area contributed by atoms with Gasteiger partial charge in [-0.25, -0.2) is 0 Å². The van der Waals surface area contributed by atoms with Gasteiger partial charge in [0.1, 0.15) is 0 Å². The molecule has 1 heterocycles. The zero-order valence-corrected chi connectivity index (χ0v) is 17.8. The van der Waals surface area contributed by atoms with Crippen LogP contribution < -0.4 is 5.32 Å². The summed E-state index contributed by atoms with van der Waals surface area (Å²) in [5, 5.41) is 12.2. The van der Waals surface area contributed by atoms with Gasteiger partial charge in [-0.2, -0.15) is 0 Å². The fourth-order valence-electron chi connectivity index (χ4n) is 2.65. The number of aryl methyl sites for hydroxylation is 1. The van der Waals surface area contributed by atoms with Gasteiger partial charge in [0.2, 0.25) is 0 Å². The lowest BCUT2D eigenvalue weighted by Gasteiger charge is -2.16. The van der Waals surface area contributed by atoms with Crippen LogP contribution in [-0.2, 0) is 10.5 Å². The maximum absolute atomic E-state index is 11.9. The number of hydrogen-bond acceptors (Lipinski definition) is 4. The standard InChI is InChI=1S/C20H20Cl2N4OS/c1-13-8-10-16(11-9-13)26-18(14(2)23-19(27)17(21)22)24-25-20(26)28-12-15-6-4-3-5-7-15/h3-11,14,17H,12H2,1-2H3,(H,23,27). The molecule has 0 saturated heterocycles. The van der Waals surface area contributed by atoms with Gasteiger partial charge in [0, 0.05) is 11.4 Å². The van der Waals surface area contributed by atoms with Crippen molar-refractivity contribution in [1.82, 2.24) is 20.1 Å². The van der Waals surface area contributed by atoms with Gasteiger partial charge in [-0.05, 0) is 31.5 Å². The molecule has 1 atom stereocenters. The molecular formula is C20H20Cl2N4OS. The van der Waals surface area contributed by atoms with Crippen molar-refractivity contribution in [2.24, 2.45) is 0 Å². The summed E-state index contributed by atoms with van der Waals surface area (Å²) >= 11 is 12.9. The Morgan fingerprint density at radius 1 is 1.11 bits per heavy atom. The first-order chi connectivity index (χ1) is 13.5. The van der Waals surface area contributed by atoms with Crippen LogP contribution in [0.5, 0.6) is 0 Å². The number of hydrogen-bond donors (Lipinski definition) is 1. The summed E-state index contributed by atoms with van der Waals surface area (Å²) in [7, 11) is 0. The average Bonchev–Trinajstić information content (AvgIpc) is 3.11. The molecule has 28 heavy (non-hydrogen) atoms. The number of alkyl halides is 2. The number of carbonyl (C=O) groups is 1. The van der Waals surface area contributed by atoms with E-state index in [1.807, 2.05) is 60.9 Å². The Kier molecular flexibility index (Phi) is 6.99. The first-order valence-corrected chi connectivity index (χ1v) is 10.6. The lowest BCUT2D eigenvalue weighted by molar-refractivity contribution is -0.120. The summed E-state index contributed by atoms with van der Waals surface area (Å²) < 4.78 is 1.95. The Bertz CT molecular complexity index is 929. The fourth-order valence-corrected chi connectivity index (χ4v) is 3.70. The molecular weight excluding hydrogens is 415 g/mol. The maximum atomic E-state index is 11.9. The van der Waals surface area contributed by atoms with Gasteiger partial charge < -0.3 is 5.32 Å². The van der Waals surface area contributed by atoms with E-state index in [9.17, 15) is 4.79 Å². The molecule has 0 bridgehead atoms. The topological polar surface area (TPSA) is 59.8 Å². The second-order valence-electron chi connectivity index (χ2n) is 6.32. The van der Waals surface area contributed by atoms with Gasteiger partial charge >= 0.3 is 0 Å². The lowest BCUT2D eigenvalue weighted by Crippen LogP contribution is -2.32. The van der Waals surface area contributed by atoms with Crippen molar-refractivity contribution in [3.63, 3.8) is 0 Å². The molecule has 1 N–H and O–H groups in total. The molecule has 146 valence electrons. The van der Waals surface area contributed by atoms with Gasteiger partial charge in [-0.1, -0.05) is 83.0 Å². The van der Waals surface area contributed by atoms with E-state index >= 15 is 0 Å². The Hall–Kier alpha value is -2.02. The highest BCUT2D eigenvalue weighted by molar-refractivity contribution is 7.98. The van der Waals surface area contributed by atoms with Crippen LogP contribution in [0.2, 0.25) is 0 Å². The SMILES string of the molecule is Cc1ccc(-n2c(SCc3ccccc3)nnc2C(C)NC(=O)C(Cl)Cl)cc1. The summed E-state index contributed by atoms with van der Waals surface area (Å²) in [5.74, 6) is 0.909. The minimum Gasteiger partial charge on any atom is -0.344 e. The third kappa shape index (κ3) is 5.07. The van der Waals surface area contributed by atoms with Crippen LogP contribution in [0.3, 0.4) is 0 Å². The smallest absolute Gasteiger partial charge is 0.253 e. The van der Waals surface area contributed by atoms with Gasteiger partial charge in [0.05, 0.1) is 6.04 Å². The molecule has 1 unspecified atom stereocenters. The van der Waals surface area contributed by atoms with Crippen LogP contribution in [-0.4, -0.2) is 25.5 Å². The zero-order valence-electron chi connectivity index (χ0n) is 15.5. The minimum atomic E-state index is -1.13. The van der Waals surface area contributed by atoms with E-state index in [1.165, 1.54) is 5.56 Å². The Morgan fingerprint density at radius 2 is 1.79 bits per heavy atom. The molecule has 0 aliphatic carbocycles. The van der Waals surface area contributed by atoms with Crippen molar-refractivity contribution in [2.75, 3.05) is 0 Å². The van der Waals surface area contributed by atoms with E-state index in [4.69, 9.17) is 23.2 Å². The average molecular weight is 435 g/mol. The normalized spacial score (nSPS) is 12.2. The van der Waals surface area contributed by atoms with Crippen LogP contribution in [0, 0.1) is 6.92 Å². The monoisotopic (exact) mass is 434 g/mol. The molecule has 2 aromatic carbocycles. The minimum absolute atomic E-state index is 0.410. The molecule has 0 spiro atoms. The molecule has 1 amide bonds. The van der Waals surface area contributed by atoms with E-state index in [2.05, 4.69) is 27.6 Å². The largest absolute Gasteiger partial charge is 0.344 e. The molecule has 8 heteroatoms.